The first-order valence-corrected chi connectivity index (χ1v) is 11.8. The zero-order valence-electron chi connectivity index (χ0n) is 20.6. The van der Waals surface area contributed by atoms with Gasteiger partial charge in [-0.1, -0.05) is 30.3 Å². The number of nitrogens with zero attached hydrogens (tertiary/aromatic N) is 5. The van der Waals surface area contributed by atoms with Gasteiger partial charge < -0.3 is 29.9 Å². The molecule has 36 heavy (non-hydrogen) atoms. The standard InChI is InChI=1S/C26H30N6O4/c1-4-27-25-28-16-21-23(29-25)30(2)14-15-32(24(21)33)19-10-12-20(13-11-19)36-22(17-31(3)26(34)35)18-8-6-5-7-9-18/h5-13,16,22H,4,14-15,17H2,1-3H3,(H,34,35)(H,27,28,29). The second-order valence-corrected chi connectivity index (χ2v) is 8.51. The Morgan fingerprint density at radius 1 is 1.17 bits per heavy atom. The number of hydrogen-bond acceptors (Lipinski definition) is 7. The molecular formula is C26H30N6O4. The summed E-state index contributed by atoms with van der Waals surface area (Å²) in [5, 5.41) is 12.4. The third kappa shape index (κ3) is 5.48. The van der Waals surface area contributed by atoms with E-state index in [1.807, 2.05) is 61.3 Å². The molecule has 1 unspecified atom stereocenters. The number of ether oxygens (including phenoxy) is 1. The van der Waals surface area contributed by atoms with Gasteiger partial charge >= 0.3 is 6.09 Å². The normalized spacial score (nSPS) is 14.0. The lowest BCUT2D eigenvalue weighted by atomic mass is 10.1. The highest BCUT2D eigenvalue weighted by molar-refractivity contribution is 6.09. The van der Waals surface area contributed by atoms with Gasteiger partial charge in [-0.2, -0.15) is 4.98 Å². The van der Waals surface area contributed by atoms with E-state index < -0.39 is 12.2 Å². The van der Waals surface area contributed by atoms with E-state index in [4.69, 9.17) is 4.74 Å². The first-order valence-electron chi connectivity index (χ1n) is 11.8. The number of fused-ring (bicyclic) bond motifs is 1. The van der Waals surface area contributed by atoms with E-state index in [-0.39, 0.29) is 12.5 Å². The molecule has 10 nitrogen and oxygen atoms in total. The molecule has 0 saturated heterocycles. The topological polar surface area (TPSA) is 111 Å². The first kappa shape index (κ1) is 24.8. The Morgan fingerprint density at radius 2 is 1.89 bits per heavy atom. The molecule has 0 bridgehead atoms. The van der Waals surface area contributed by atoms with Gasteiger partial charge in [-0.3, -0.25) is 4.79 Å². The molecule has 1 atom stereocenters. The zero-order chi connectivity index (χ0) is 25.7. The molecular weight excluding hydrogens is 460 g/mol. The molecule has 1 aromatic heterocycles. The van der Waals surface area contributed by atoms with Crippen molar-refractivity contribution >= 4 is 29.5 Å². The lowest BCUT2D eigenvalue weighted by Gasteiger charge is -2.25. The third-order valence-electron chi connectivity index (χ3n) is 5.96. The molecule has 2 heterocycles. The Hall–Kier alpha value is -4.34. The molecule has 0 radical (unpaired) electrons. The van der Waals surface area contributed by atoms with Crippen LogP contribution in [0.2, 0.25) is 0 Å². The van der Waals surface area contributed by atoms with Crippen molar-refractivity contribution in [3.63, 3.8) is 0 Å². The Morgan fingerprint density at radius 3 is 2.56 bits per heavy atom. The van der Waals surface area contributed by atoms with Crippen LogP contribution in [0.4, 0.5) is 22.2 Å². The van der Waals surface area contributed by atoms with Crippen molar-refractivity contribution in [1.82, 2.24) is 14.9 Å². The summed E-state index contributed by atoms with van der Waals surface area (Å²) >= 11 is 0. The van der Waals surface area contributed by atoms with Crippen LogP contribution in [0.1, 0.15) is 28.9 Å². The predicted octanol–water partition coefficient (Wildman–Crippen LogP) is 3.73. The average Bonchev–Trinajstić information content (AvgIpc) is 3.01. The van der Waals surface area contributed by atoms with Crippen molar-refractivity contribution in [2.45, 2.75) is 13.0 Å². The minimum absolute atomic E-state index is 0.170. The van der Waals surface area contributed by atoms with Crippen molar-refractivity contribution in [1.29, 1.82) is 0 Å². The fourth-order valence-electron chi connectivity index (χ4n) is 3.98. The zero-order valence-corrected chi connectivity index (χ0v) is 20.6. The summed E-state index contributed by atoms with van der Waals surface area (Å²) in [5.74, 6) is 1.50. The molecule has 4 rings (SSSR count). The second kappa shape index (κ2) is 10.9. The summed E-state index contributed by atoms with van der Waals surface area (Å²) in [5.41, 5.74) is 2.04. The summed E-state index contributed by atoms with van der Waals surface area (Å²) in [6.07, 6.45) is 0.0567. The van der Waals surface area contributed by atoms with Crippen molar-refractivity contribution < 1.29 is 19.4 Å². The summed E-state index contributed by atoms with van der Waals surface area (Å²) in [6, 6.07) is 16.7. The Bertz CT molecular complexity index is 1200. The predicted molar refractivity (Wildman–Crippen MR) is 138 cm³/mol. The van der Waals surface area contributed by atoms with Crippen LogP contribution in [0.5, 0.6) is 5.75 Å². The van der Waals surface area contributed by atoms with E-state index in [0.29, 0.717) is 42.7 Å². The lowest BCUT2D eigenvalue weighted by Crippen LogP contribution is -2.33. The average molecular weight is 491 g/mol. The maximum absolute atomic E-state index is 13.4. The number of aromatic nitrogens is 2. The molecule has 188 valence electrons. The van der Waals surface area contributed by atoms with E-state index in [1.165, 1.54) is 11.9 Å². The summed E-state index contributed by atoms with van der Waals surface area (Å²) in [6.45, 7) is 3.92. The van der Waals surface area contributed by atoms with Gasteiger partial charge in [0.25, 0.3) is 5.91 Å². The highest BCUT2D eigenvalue weighted by Crippen LogP contribution is 2.29. The van der Waals surface area contributed by atoms with Gasteiger partial charge in [0.2, 0.25) is 5.95 Å². The van der Waals surface area contributed by atoms with Gasteiger partial charge in [0.15, 0.2) is 0 Å². The van der Waals surface area contributed by atoms with E-state index in [9.17, 15) is 14.7 Å². The smallest absolute Gasteiger partial charge is 0.407 e. The molecule has 0 saturated carbocycles. The summed E-state index contributed by atoms with van der Waals surface area (Å²) in [7, 11) is 3.42. The first-order chi connectivity index (χ1) is 17.4. The van der Waals surface area contributed by atoms with Crippen LogP contribution in [0.25, 0.3) is 0 Å². The van der Waals surface area contributed by atoms with Crippen LogP contribution in [0.15, 0.2) is 60.8 Å². The van der Waals surface area contributed by atoms with E-state index >= 15 is 0 Å². The summed E-state index contributed by atoms with van der Waals surface area (Å²) < 4.78 is 6.18. The number of carbonyl (C=O) groups is 2. The molecule has 1 aliphatic rings. The van der Waals surface area contributed by atoms with Gasteiger partial charge in [0.1, 0.15) is 23.2 Å². The third-order valence-corrected chi connectivity index (χ3v) is 5.96. The molecule has 0 fully saturated rings. The molecule has 2 aromatic carbocycles. The Balaban J connectivity index is 1.54. The highest BCUT2D eigenvalue weighted by atomic mass is 16.5. The molecule has 0 spiro atoms. The number of anilines is 3. The summed E-state index contributed by atoms with van der Waals surface area (Å²) in [4.78, 5) is 38.4. The van der Waals surface area contributed by atoms with Crippen molar-refractivity contribution in [2.75, 3.05) is 55.4 Å². The monoisotopic (exact) mass is 490 g/mol. The number of amides is 2. The lowest BCUT2D eigenvalue weighted by molar-refractivity contribution is 0.0989. The number of carbonyl (C=O) groups excluding carboxylic acids is 1. The Kier molecular flexibility index (Phi) is 7.53. The van der Waals surface area contributed by atoms with Gasteiger partial charge in [0, 0.05) is 45.6 Å². The molecule has 1 aliphatic heterocycles. The minimum atomic E-state index is -1.03. The number of rotatable bonds is 8. The minimum Gasteiger partial charge on any atom is -0.484 e. The van der Waals surface area contributed by atoms with E-state index in [0.717, 1.165) is 11.3 Å². The number of nitrogens with one attached hydrogen (secondary N) is 1. The van der Waals surface area contributed by atoms with Crippen LogP contribution < -0.4 is 19.9 Å². The molecule has 0 aliphatic carbocycles. The highest BCUT2D eigenvalue weighted by Gasteiger charge is 2.28. The maximum Gasteiger partial charge on any atom is 0.407 e. The number of hydrogen-bond donors (Lipinski definition) is 2. The van der Waals surface area contributed by atoms with Crippen LogP contribution in [0, 0.1) is 0 Å². The maximum atomic E-state index is 13.4. The van der Waals surface area contributed by atoms with Crippen LogP contribution in [-0.4, -0.2) is 72.2 Å². The van der Waals surface area contributed by atoms with Crippen LogP contribution in [-0.2, 0) is 0 Å². The van der Waals surface area contributed by atoms with Crippen LogP contribution >= 0.6 is 0 Å². The second-order valence-electron chi connectivity index (χ2n) is 8.51. The largest absolute Gasteiger partial charge is 0.484 e. The van der Waals surface area contributed by atoms with Crippen LogP contribution in [0.3, 0.4) is 0 Å². The SMILES string of the molecule is CCNc1ncc2c(n1)N(C)CCN(c1ccc(OC(CN(C)C(=O)O)c3ccccc3)cc1)C2=O. The number of benzene rings is 2. The Labute approximate surface area is 210 Å². The quantitative estimate of drug-likeness (QED) is 0.491. The number of likely N-dealkylation sites (N-methyl/N-ethyl adjacent to an activating group) is 2. The van der Waals surface area contributed by atoms with Gasteiger partial charge in [-0.25, -0.2) is 9.78 Å². The van der Waals surface area contributed by atoms with Gasteiger partial charge in [-0.05, 0) is 36.8 Å². The number of carboxylic acid groups (broad SMARTS) is 1. The van der Waals surface area contributed by atoms with Gasteiger partial charge in [0.05, 0.1) is 6.54 Å². The fourth-order valence-corrected chi connectivity index (χ4v) is 3.98. The van der Waals surface area contributed by atoms with E-state index in [2.05, 4.69) is 15.3 Å². The molecule has 2 N–H and O–H groups in total. The molecule has 10 heteroatoms. The van der Waals surface area contributed by atoms with Crippen molar-refractivity contribution in [3.05, 3.63) is 71.9 Å². The van der Waals surface area contributed by atoms with Crippen molar-refractivity contribution in [2.24, 2.45) is 0 Å². The molecule has 2 amide bonds. The molecule has 3 aromatic rings. The van der Waals surface area contributed by atoms with Crippen molar-refractivity contribution in [3.8, 4) is 5.75 Å². The fraction of sp³-hybridized carbons (Fsp3) is 0.308. The van der Waals surface area contributed by atoms with E-state index in [1.54, 1.807) is 23.2 Å². The van der Waals surface area contributed by atoms with Gasteiger partial charge in [-0.15, -0.1) is 0 Å².